The van der Waals surface area contributed by atoms with Gasteiger partial charge in [-0.25, -0.2) is 0 Å². The summed E-state index contributed by atoms with van der Waals surface area (Å²) in [6.07, 6.45) is 2.18. The molecule has 2 heterocycles. The molecule has 1 saturated heterocycles. The van der Waals surface area contributed by atoms with Crippen molar-refractivity contribution in [2.45, 2.75) is 32.3 Å². The lowest BCUT2D eigenvalue weighted by molar-refractivity contribution is -0.0958. The summed E-state index contributed by atoms with van der Waals surface area (Å²) in [6.45, 7) is 4.51. The van der Waals surface area contributed by atoms with E-state index in [1.807, 2.05) is 6.92 Å². The number of aliphatic hydroxyl groups is 1. The van der Waals surface area contributed by atoms with E-state index in [1.165, 1.54) is 0 Å². The number of rotatable bonds is 2. The Morgan fingerprint density at radius 1 is 1.39 bits per heavy atom. The highest BCUT2D eigenvalue weighted by Crippen LogP contribution is 2.44. The maximum absolute atomic E-state index is 12.3. The molecule has 2 aliphatic rings. The minimum atomic E-state index is -0.626. The number of amides is 1. The summed E-state index contributed by atoms with van der Waals surface area (Å²) in [6, 6.07) is 1.76. The molecule has 5 heteroatoms. The van der Waals surface area contributed by atoms with Gasteiger partial charge in [0.25, 0.3) is 5.91 Å². The Hall–Kier alpha value is -1.49. The van der Waals surface area contributed by atoms with E-state index < -0.39 is 5.60 Å². The van der Waals surface area contributed by atoms with Gasteiger partial charge in [0.15, 0.2) is 0 Å². The van der Waals surface area contributed by atoms with Crippen LogP contribution in [0.2, 0.25) is 0 Å². The molecule has 0 unspecified atom stereocenters. The molecule has 3 rings (SSSR count). The SMILES string of the molecule is Cc1cc(C(=O)N2CC(O)(C3CC3)C2)c(C)nn1. The number of aromatic nitrogens is 2. The zero-order valence-electron chi connectivity index (χ0n) is 10.7. The van der Waals surface area contributed by atoms with Crippen molar-refractivity contribution in [2.24, 2.45) is 5.92 Å². The number of hydrogen-bond donors (Lipinski definition) is 1. The predicted octanol–water partition coefficient (Wildman–Crippen LogP) is 0.690. The fraction of sp³-hybridized carbons (Fsp3) is 0.615. The van der Waals surface area contributed by atoms with E-state index in [4.69, 9.17) is 0 Å². The normalized spacial score (nSPS) is 21.6. The zero-order chi connectivity index (χ0) is 12.9. The average Bonchev–Trinajstić information content (AvgIpc) is 3.11. The number of β-amino-alcohol motifs (C(OH)–C–C–N with tert-alkyl or cyclic N) is 1. The molecular formula is C13H17N3O2. The van der Waals surface area contributed by atoms with Crippen LogP contribution in [0.25, 0.3) is 0 Å². The van der Waals surface area contributed by atoms with Gasteiger partial charge in [0.1, 0.15) is 5.60 Å². The van der Waals surface area contributed by atoms with Crippen molar-refractivity contribution in [3.63, 3.8) is 0 Å². The molecule has 18 heavy (non-hydrogen) atoms. The molecule has 96 valence electrons. The van der Waals surface area contributed by atoms with Crippen molar-refractivity contribution in [3.8, 4) is 0 Å². The third kappa shape index (κ3) is 1.79. The fourth-order valence-corrected chi connectivity index (χ4v) is 2.57. The molecule has 0 radical (unpaired) electrons. The van der Waals surface area contributed by atoms with E-state index in [1.54, 1.807) is 17.9 Å². The molecule has 1 aliphatic carbocycles. The molecule has 1 saturated carbocycles. The maximum atomic E-state index is 12.3. The van der Waals surface area contributed by atoms with Crippen LogP contribution >= 0.6 is 0 Å². The first-order valence-electron chi connectivity index (χ1n) is 6.32. The standard InChI is InChI=1S/C13H17N3O2/c1-8-5-11(9(2)15-14-8)12(17)16-6-13(18,7-16)10-3-4-10/h5,10,18H,3-4,6-7H2,1-2H3. The number of nitrogens with zero attached hydrogens (tertiary/aromatic N) is 3. The van der Waals surface area contributed by atoms with Gasteiger partial charge >= 0.3 is 0 Å². The summed E-state index contributed by atoms with van der Waals surface area (Å²) in [5.74, 6) is 0.357. The van der Waals surface area contributed by atoms with Crippen LogP contribution in [0, 0.1) is 19.8 Å². The summed E-state index contributed by atoms with van der Waals surface area (Å²) < 4.78 is 0. The third-order valence-corrected chi connectivity index (χ3v) is 3.88. The van der Waals surface area contributed by atoms with E-state index >= 15 is 0 Å². The summed E-state index contributed by atoms with van der Waals surface area (Å²) >= 11 is 0. The van der Waals surface area contributed by atoms with Crippen molar-refractivity contribution < 1.29 is 9.90 Å². The van der Waals surface area contributed by atoms with Crippen LogP contribution in [0.15, 0.2) is 6.07 Å². The number of carbonyl (C=O) groups is 1. The highest BCUT2D eigenvalue weighted by molar-refractivity contribution is 5.96. The second-order valence-electron chi connectivity index (χ2n) is 5.52. The molecule has 1 aromatic heterocycles. The largest absolute Gasteiger partial charge is 0.386 e. The number of hydrogen-bond acceptors (Lipinski definition) is 4. The monoisotopic (exact) mass is 247 g/mol. The summed E-state index contributed by atoms with van der Waals surface area (Å²) in [4.78, 5) is 14.0. The predicted molar refractivity (Wildman–Crippen MR) is 65.1 cm³/mol. The first kappa shape index (κ1) is 11.6. The summed E-state index contributed by atoms with van der Waals surface area (Å²) in [5, 5.41) is 18.1. The van der Waals surface area contributed by atoms with Crippen molar-refractivity contribution in [1.29, 1.82) is 0 Å². The lowest BCUT2D eigenvalue weighted by atomic mass is 9.88. The summed E-state index contributed by atoms with van der Waals surface area (Å²) in [5.41, 5.74) is 1.36. The molecule has 1 aromatic rings. The van der Waals surface area contributed by atoms with E-state index in [9.17, 15) is 9.90 Å². The first-order valence-corrected chi connectivity index (χ1v) is 6.32. The van der Waals surface area contributed by atoms with E-state index in [0.29, 0.717) is 30.3 Å². The first-order chi connectivity index (χ1) is 8.49. The van der Waals surface area contributed by atoms with Gasteiger partial charge in [0.05, 0.1) is 30.0 Å². The molecule has 1 amide bonds. The second kappa shape index (κ2) is 3.75. The van der Waals surface area contributed by atoms with Crippen LogP contribution in [0.1, 0.15) is 34.6 Å². The van der Waals surface area contributed by atoms with Crippen LogP contribution < -0.4 is 0 Å². The second-order valence-corrected chi connectivity index (χ2v) is 5.52. The number of aryl methyl sites for hydroxylation is 2. The quantitative estimate of drug-likeness (QED) is 0.835. The van der Waals surface area contributed by atoms with Crippen LogP contribution in [0.4, 0.5) is 0 Å². The molecule has 0 atom stereocenters. The Kier molecular flexibility index (Phi) is 2.41. The number of likely N-dealkylation sites (tertiary alicyclic amines) is 1. The van der Waals surface area contributed by atoms with Crippen LogP contribution in [-0.2, 0) is 0 Å². The van der Waals surface area contributed by atoms with E-state index in [2.05, 4.69) is 10.2 Å². The molecule has 0 spiro atoms. The molecule has 5 nitrogen and oxygen atoms in total. The van der Waals surface area contributed by atoms with Crippen molar-refractivity contribution in [3.05, 3.63) is 23.0 Å². The Balaban J connectivity index is 1.74. The van der Waals surface area contributed by atoms with Gasteiger partial charge in [-0.1, -0.05) is 0 Å². The Morgan fingerprint density at radius 2 is 2.06 bits per heavy atom. The molecule has 1 N–H and O–H groups in total. The minimum absolute atomic E-state index is 0.0455. The van der Waals surface area contributed by atoms with Gasteiger partial charge < -0.3 is 10.0 Å². The van der Waals surface area contributed by atoms with Crippen LogP contribution in [-0.4, -0.2) is 44.8 Å². The van der Waals surface area contributed by atoms with Gasteiger partial charge in [-0.2, -0.15) is 10.2 Å². The van der Waals surface area contributed by atoms with Gasteiger partial charge in [0, 0.05) is 0 Å². The molecule has 2 fully saturated rings. The molecular weight excluding hydrogens is 230 g/mol. The van der Waals surface area contributed by atoms with Gasteiger partial charge in [-0.3, -0.25) is 4.79 Å². The van der Waals surface area contributed by atoms with Crippen molar-refractivity contribution in [1.82, 2.24) is 15.1 Å². The van der Waals surface area contributed by atoms with E-state index in [0.717, 1.165) is 18.5 Å². The molecule has 1 aliphatic heterocycles. The molecule has 0 bridgehead atoms. The highest BCUT2D eigenvalue weighted by atomic mass is 16.3. The van der Waals surface area contributed by atoms with Crippen molar-refractivity contribution in [2.75, 3.05) is 13.1 Å². The van der Waals surface area contributed by atoms with Crippen LogP contribution in [0.3, 0.4) is 0 Å². The third-order valence-electron chi connectivity index (χ3n) is 3.88. The zero-order valence-corrected chi connectivity index (χ0v) is 10.7. The Labute approximate surface area is 106 Å². The van der Waals surface area contributed by atoms with Gasteiger partial charge in [-0.15, -0.1) is 0 Å². The topological polar surface area (TPSA) is 66.3 Å². The van der Waals surface area contributed by atoms with Crippen LogP contribution in [0.5, 0.6) is 0 Å². The molecule has 0 aromatic carbocycles. The maximum Gasteiger partial charge on any atom is 0.256 e. The number of carbonyl (C=O) groups excluding carboxylic acids is 1. The Bertz CT molecular complexity index is 505. The van der Waals surface area contributed by atoms with E-state index in [-0.39, 0.29) is 5.91 Å². The lowest BCUT2D eigenvalue weighted by Gasteiger charge is -2.47. The highest BCUT2D eigenvalue weighted by Gasteiger charge is 2.53. The lowest BCUT2D eigenvalue weighted by Crippen LogP contribution is -2.64. The average molecular weight is 247 g/mol. The smallest absolute Gasteiger partial charge is 0.256 e. The minimum Gasteiger partial charge on any atom is -0.386 e. The van der Waals surface area contributed by atoms with Gasteiger partial charge in [-0.05, 0) is 38.7 Å². The fourth-order valence-electron chi connectivity index (χ4n) is 2.57. The van der Waals surface area contributed by atoms with Crippen molar-refractivity contribution >= 4 is 5.91 Å². The Morgan fingerprint density at radius 3 is 2.67 bits per heavy atom. The summed E-state index contributed by atoms with van der Waals surface area (Å²) in [7, 11) is 0. The van der Waals surface area contributed by atoms with Gasteiger partial charge in [0.2, 0.25) is 0 Å².